The van der Waals surface area contributed by atoms with Crippen molar-refractivity contribution in [1.82, 2.24) is 0 Å². The SMILES string of the molecule is C=CC(C)(/C(=C/C=C\C)CC)c1cccs1. The van der Waals surface area contributed by atoms with E-state index >= 15 is 0 Å². The zero-order valence-corrected chi connectivity index (χ0v) is 11.2. The molecule has 0 amide bonds. The van der Waals surface area contributed by atoms with E-state index in [4.69, 9.17) is 0 Å². The van der Waals surface area contributed by atoms with E-state index in [0.717, 1.165) is 6.42 Å². The van der Waals surface area contributed by atoms with Crippen LogP contribution in [0.3, 0.4) is 0 Å². The average molecular weight is 232 g/mol. The molecule has 0 bridgehead atoms. The van der Waals surface area contributed by atoms with Gasteiger partial charge in [0.25, 0.3) is 0 Å². The van der Waals surface area contributed by atoms with Crippen molar-refractivity contribution in [2.24, 2.45) is 0 Å². The summed E-state index contributed by atoms with van der Waals surface area (Å²) in [7, 11) is 0. The van der Waals surface area contributed by atoms with Gasteiger partial charge in [-0.1, -0.05) is 42.9 Å². The van der Waals surface area contributed by atoms with E-state index in [0.29, 0.717) is 0 Å². The molecule has 0 aliphatic carbocycles. The molecule has 1 aromatic heterocycles. The average Bonchev–Trinajstić information content (AvgIpc) is 2.83. The van der Waals surface area contributed by atoms with Crippen LogP contribution in [0.25, 0.3) is 0 Å². The van der Waals surface area contributed by atoms with Crippen LogP contribution in [-0.4, -0.2) is 0 Å². The number of hydrogen-bond acceptors (Lipinski definition) is 1. The van der Waals surface area contributed by atoms with Gasteiger partial charge in [0, 0.05) is 10.3 Å². The van der Waals surface area contributed by atoms with E-state index in [1.807, 2.05) is 6.92 Å². The summed E-state index contributed by atoms with van der Waals surface area (Å²) in [5.41, 5.74) is 1.38. The van der Waals surface area contributed by atoms with Crippen molar-refractivity contribution >= 4 is 11.3 Å². The Hall–Kier alpha value is -1.08. The monoisotopic (exact) mass is 232 g/mol. The zero-order chi connectivity index (χ0) is 12.0. The summed E-state index contributed by atoms with van der Waals surface area (Å²) in [6.07, 6.45) is 9.48. The molecule has 1 rings (SSSR count). The number of thiophene rings is 1. The van der Waals surface area contributed by atoms with Crippen LogP contribution in [0.15, 0.2) is 54.0 Å². The Kier molecular flexibility index (Phi) is 4.75. The van der Waals surface area contributed by atoms with E-state index in [1.54, 1.807) is 11.3 Å². The standard InChI is InChI=1S/C15H20S/c1-5-8-10-13(6-2)15(4,7-3)14-11-9-12-16-14/h5,7-12H,3,6H2,1-2,4H3/b8-5-,13-10+. The second-order valence-electron chi connectivity index (χ2n) is 3.96. The van der Waals surface area contributed by atoms with Crippen LogP contribution in [0.4, 0.5) is 0 Å². The molecule has 0 aromatic carbocycles. The van der Waals surface area contributed by atoms with E-state index in [2.05, 4.69) is 62.2 Å². The van der Waals surface area contributed by atoms with Crippen LogP contribution in [0, 0.1) is 0 Å². The molecule has 0 fully saturated rings. The number of allylic oxidation sites excluding steroid dienone is 5. The van der Waals surface area contributed by atoms with Gasteiger partial charge in [-0.2, -0.15) is 0 Å². The highest BCUT2D eigenvalue weighted by Gasteiger charge is 2.27. The number of rotatable bonds is 5. The van der Waals surface area contributed by atoms with Crippen molar-refractivity contribution in [2.75, 3.05) is 0 Å². The van der Waals surface area contributed by atoms with Crippen molar-refractivity contribution in [3.63, 3.8) is 0 Å². The minimum Gasteiger partial charge on any atom is -0.148 e. The smallest absolute Gasteiger partial charge is 0.0407 e. The summed E-state index contributed by atoms with van der Waals surface area (Å²) in [6, 6.07) is 4.29. The topological polar surface area (TPSA) is 0 Å². The van der Waals surface area contributed by atoms with Crippen LogP contribution in [0.1, 0.15) is 32.1 Å². The molecule has 0 saturated carbocycles. The van der Waals surface area contributed by atoms with Gasteiger partial charge in [-0.25, -0.2) is 0 Å². The molecular formula is C15H20S. The quantitative estimate of drug-likeness (QED) is 0.489. The maximum atomic E-state index is 4.01. The Morgan fingerprint density at radius 3 is 2.75 bits per heavy atom. The Balaban J connectivity index is 3.17. The molecule has 0 nitrogen and oxygen atoms in total. The third-order valence-corrected chi connectivity index (χ3v) is 4.09. The predicted octanol–water partition coefficient (Wildman–Crippen LogP) is 5.10. The number of hydrogen-bond donors (Lipinski definition) is 0. The first kappa shape index (κ1) is 13.0. The summed E-state index contributed by atoms with van der Waals surface area (Å²) in [4.78, 5) is 1.36. The van der Waals surface area contributed by atoms with Gasteiger partial charge in [-0.3, -0.25) is 0 Å². The van der Waals surface area contributed by atoms with Crippen molar-refractivity contribution in [2.45, 2.75) is 32.6 Å². The molecule has 1 unspecified atom stereocenters. The van der Waals surface area contributed by atoms with Crippen LogP contribution < -0.4 is 0 Å². The molecule has 1 heteroatoms. The van der Waals surface area contributed by atoms with E-state index in [-0.39, 0.29) is 5.41 Å². The van der Waals surface area contributed by atoms with Gasteiger partial charge in [0.2, 0.25) is 0 Å². The highest BCUT2D eigenvalue weighted by molar-refractivity contribution is 7.10. The molecule has 1 atom stereocenters. The van der Waals surface area contributed by atoms with Gasteiger partial charge < -0.3 is 0 Å². The Morgan fingerprint density at radius 1 is 1.56 bits per heavy atom. The molecule has 0 spiro atoms. The molecule has 0 aliphatic heterocycles. The summed E-state index contributed by atoms with van der Waals surface area (Å²) >= 11 is 1.80. The normalized spacial score (nSPS) is 16.3. The van der Waals surface area contributed by atoms with Crippen LogP contribution in [0.5, 0.6) is 0 Å². The zero-order valence-electron chi connectivity index (χ0n) is 10.4. The highest BCUT2D eigenvalue weighted by atomic mass is 32.1. The second kappa shape index (κ2) is 5.86. The molecular weight excluding hydrogens is 212 g/mol. The van der Waals surface area contributed by atoms with Crippen LogP contribution >= 0.6 is 11.3 Å². The molecule has 0 saturated heterocycles. The summed E-state index contributed by atoms with van der Waals surface area (Å²) in [5, 5.41) is 2.13. The lowest BCUT2D eigenvalue weighted by molar-refractivity contribution is 0.690. The lowest BCUT2D eigenvalue weighted by Crippen LogP contribution is -2.20. The Bertz CT molecular complexity index is 382. The van der Waals surface area contributed by atoms with Crippen molar-refractivity contribution in [3.05, 3.63) is 58.8 Å². The largest absolute Gasteiger partial charge is 0.148 e. The highest BCUT2D eigenvalue weighted by Crippen LogP contribution is 2.37. The third kappa shape index (κ3) is 2.53. The minimum atomic E-state index is -0.0254. The van der Waals surface area contributed by atoms with Crippen molar-refractivity contribution in [3.8, 4) is 0 Å². The third-order valence-electron chi connectivity index (χ3n) is 2.98. The van der Waals surface area contributed by atoms with E-state index < -0.39 is 0 Å². The van der Waals surface area contributed by atoms with Crippen LogP contribution in [-0.2, 0) is 5.41 Å². The van der Waals surface area contributed by atoms with Gasteiger partial charge in [-0.15, -0.1) is 17.9 Å². The van der Waals surface area contributed by atoms with Gasteiger partial charge in [-0.05, 0) is 31.7 Å². The lowest BCUT2D eigenvalue weighted by atomic mass is 9.79. The predicted molar refractivity (Wildman–Crippen MR) is 75.1 cm³/mol. The Labute approximate surface area is 103 Å². The maximum Gasteiger partial charge on any atom is 0.0407 e. The first-order chi connectivity index (χ1) is 7.69. The van der Waals surface area contributed by atoms with Crippen molar-refractivity contribution in [1.29, 1.82) is 0 Å². The van der Waals surface area contributed by atoms with Gasteiger partial charge in [0.05, 0.1) is 0 Å². The first-order valence-corrected chi connectivity index (χ1v) is 6.57. The fourth-order valence-electron chi connectivity index (χ4n) is 1.83. The molecule has 86 valence electrons. The fourth-order valence-corrected chi connectivity index (χ4v) is 2.75. The van der Waals surface area contributed by atoms with E-state index in [1.165, 1.54) is 10.5 Å². The summed E-state index contributed by atoms with van der Waals surface area (Å²) < 4.78 is 0. The maximum absolute atomic E-state index is 4.01. The second-order valence-corrected chi connectivity index (χ2v) is 4.90. The molecule has 0 aliphatic rings. The van der Waals surface area contributed by atoms with Gasteiger partial charge in [0.15, 0.2) is 0 Å². The molecule has 1 aromatic rings. The lowest BCUT2D eigenvalue weighted by Gasteiger charge is -2.27. The molecule has 16 heavy (non-hydrogen) atoms. The molecule has 0 N–H and O–H groups in total. The summed E-state index contributed by atoms with van der Waals surface area (Å²) in [5.74, 6) is 0. The van der Waals surface area contributed by atoms with Crippen LogP contribution in [0.2, 0.25) is 0 Å². The van der Waals surface area contributed by atoms with E-state index in [9.17, 15) is 0 Å². The molecule has 1 heterocycles. The Morgan fingerprint density at radius 2 is 2.31 bits per heavy atom. The summed E-state index contributed by atoms with van der Waals surface area (Å²) in [6.45, 7) is 10.5. The fraction of sp³-hybridized carbons (Fsp3) is 0.333. The molecule has 0 radical (unpaired) electrons. The first-order valence-electron chi connectivity index (χ1n) is 5.69. The van der Waals surface area contributed by atoms with Crippen molar-refractivity contribution < 1.29 is 0 Å². The minimum absolute atomic E-state index is 0.0254. The van der Waals surface area contributed by atoms with Gasteiger partial charge >= 0.3 is 0 Å². The van der Waals surface area contributed by atoms with Gasteiger partial charge in [0.1, 0.15) is 0 Å².